The molecule has 192 valence electrons. The molecule has 7 nitrogen and oxygen atoms in total. The van der Waals surface area contributed by atoms with Crippen molar-refractivity contribution in [2.45, 2.75) is 88.2 Å². The Hall–Kier alpha value is -2.01. The van der Waals surface area contributed by atoms with Crippen LogP contribution < -0.4 is 4.72 Å². The molecule has 1 aliphatic rings. The number of amidine groups is 1. The molecular formula is C25H36N2O5S2Si. The van der Waals surface area contributed by atoms with Gasteiger partial charge in [0.25, 0.3) is 10.0 Å². The van der Waals surface area contributed by atoms with Crippen molar-refractivity contribution >= 4 is 41.5 Å². The molecule has 0 spiro atoms. The number of aliphatic imine (C=N–C) groups is 1. The first-order chi connectivity index (χ1) is 16.0. The van der Waals surface area contributed by atoms with E-state index in [-0.39, 0.29) is 22.2 Å². The smallest absolute Gasteiger partial charge is 0.340 e. The Bertz CT molecular complexity index is 1180. The van der Waals surface area contributed by atoms with E-state index < -0.39 is 41.6 Å². The van der Waals surface area contributed by atoms with Gasteiger partial charge in [0, 0.05) is 11.3 Å². The molecule has 35 heavy (non-hydrogen) atoms. The first kappa shape index (κ1) is 27.6. The summed E-state index contributed by atoms with van der Waals surface area (Å²) in [6.45, 7) is 15.8. The van der Waals surface area contributed by atoms with E-state index in [4.69, 9.17) is 14.2 Å². The summed E-state index contributed by atoms with van der Waals surface area (Å²) in [6, 6.07) is 11.1. The van der Waals surface area contributed by atoms with Crippen LogP contribution in [0.1, 0.15) is 58.9 Å². The molecular weight excluding hydrogens is 501 g/mol. The standard InChI is InChI=1S/C25H36N2O5S2Si/c1-23(2,3)31-22(28)25(32-35(7,8)24(4,5)6)17-20(26-21(25)19-15-12-16-33-19)27-34(29,30)18-13-10-9-11-14-18/h9-16,21H,17H2,1-8H3,(H,26,27)/t21-,25-/m1/s1. The zero-order valence-electron chi connectivity index (χ0n) is 21.7. The molecule has 0 bridgehead atoms. The maximum absolute atomic E-state index is 13.9. The van der Waals surface area contributed by atoms with Crippen LogP contribution >= 0.6 is 11.3 Å². The maximum Gasteiger partial charge on any atom is 0.340 e. The van der Waals surface area contributed by atoms with E-state index in [1.54, 1.807) is 39.0 Å². The van der Waals surface area contributed by atoms with Crippen molar-refractivity contribution < 1.29 is 22.4 Å². The van der Waals surface area contributed by atoms with Crippen molar-refractivity contribution in [1.29, 1.82) is 0 Å². The Kier molecular flexibility index (Phi) is 7.45. The van der Waals surface area contributed by atoms with Crippen LogP contribution in [0.15, 0.2) is 57.7 Å². The second-order valence-electron chi connectivity index (χ2n) is 11.3. The number of sulfonamides is 1. The highest BCUT2D eigenvalue weighted by molar-refractivity contribution is 7.90. The minimum Gasteiger partial charge on any atom is -0.458 e. The van der Waals surface area contributed by atoms with Gasteiger partial charge in [0.05, 0.1) is 4.90 Å². The van der Waals surface area contributed by atoms with Crippen LogP contribution in [0, 0.1) is 0 Å². The largest absolute Gasteiger partial charge is 0.458 e. The summed E-state index contributed by atoms with van der Waals surface area (Å²) >= 11 is 1.45. The summed E-state index contributed by atoms with van der Waals surface area (Å²) in [4.78, 5) is 19.6. The van der Waals surface area contributed by atoms with Crippen LogP contribution in [0.25, 0.3) is 0 Å². The van der Waals surface area contributed by atoms with Crippen molar-refractivity contribution in [2.24, 2.45) is 4.99 Å². The molecule has 0 saturated heterocycles. The molecule has 0 unspecified atom stereocenters. The Balaban J connectivity index is 2.11. The molecule has 0 saturated carbocycles. The third-order valence-electron chi connectivity index (χ3n) is 6.26. The van der Waals surface area contributed by atoms with E-state index in [0.29, 0.717) is 0 Å². The monoisotopic (exact) mass is 536 g/mol. The van der Waals surface area contributed by atoms with E-state index in [1.807, 2.05) is 17.5 Å². The van der Waals surface area contributed by atoms with Crippen LogP contribution in [0.5, 0.6) is 0 Å². The number of nitrogens with zero attached hydrogens (tertiary/aromatic N) is 1. The number of carbonyl (C=O) groups excluding carboxylic acids is 1. The highest BCUT2D eigenvalue weighted by Crippen LogP contribution is 2.49. The number of hydrogen-bond acceptors (Lipinski definition) is 7. The molecule has 1 N–H and O–H groups in total. The number of nitrogens with one attached hydrogen (secondary N) is 1. The van der Waals surface area contributed by atoms with Crippen molar-refractivity contribution in [1.82, 2.24) is 4.72 Å². The molecule has 1 aromatic heterocycles. The SMILES string of the molecule is CC(C)(C)OC(=O)[C@@]1(O[Si](C)(C)C(C)(C)C)CC(NS(=O)(=O)c2ccccc2)=N[C@@H]1c1cccs1. The number of thiophene rings is 1. The highest BCUT2D eigenvalue weighted by atomic mass is 32.2. The molecule has 0 aliphatic carbocycles. The number of benzene rings is 1. The molecule has 3 rings (SSSR count). The van der Waals surface area contributed by atoms with Gasteiger partial charge in [-0.1, -0.05) is 45.0 Å². The van der Waals surface area contributed by atoms with Crippen molar-refractivity contribution in [3.8, 4) is 0 Å². The minimum atomic E-state index is -3.89. The zero-order valence-corrected chi connectivity index (χ0v) is 24.3. The minimum absolute atomic E-state index is 0.0386. The van der Waals surface area contributed by atoms with Crippen LogP contribution in [0.4, 0.5) is 0 Å². The Morgan fingerprint density at radius 3 is 2.23 bits per heavy atom. The second kappa shape index (κ2) is 9.46. The number of carbonyl (C=O) groups is 1. The molecule has 1 aliphatic heterocycles. The van der Waals surface area contributed by atoms with Crippen LogP contribution in [0.2, 0.25) is 18.1 Å². The van der Waals surface area contributed by atoms with E-state index in [2.05, 4.69) is 38.6 Å². The van der Waals surface area contributed by atoms with Crippen LogP contribution in [-0.4, -0.2) is 39.7 Å². The van der Waals surface area contributed by atoms with Gasteiger partial charge >= 0.3 is 5.97 Å². The first-order valence-corrected chi connectivity index (χ1v) is 16.9. The Morgan fingerprint density at radius 2 is 1.71 bits per heavy atom. The lowest BCUT2D eigenvalue weighted by Gasteiger charge is -2.45. The zero-order chi connectivity index (χ0) is 26.3. The second-order valence-corrected chi connectivity index (χ2v) is 18.7. The third kappa shape index (κ3) is 6.04. The Labute approximate surface area is 214 Å². The molecule has 1 aromatic carbocycles. The molecule has 0 fully saturated rings. The average Bonchev–Trinajstić information content (AvgIpc) is 3.34. The summed E-state index contributed by atoms with van der Waals surface area (Å²) in [5, 5.41) is 1.71. The number of ether oxygens (including phenoxy) is 1. The van der Waals surface area contributed by atoms with E-state index in [1.165, 1.54) is 23.5 Å². The summed E-state index contributed by atoms with van der Waals surface area (Å²) in [7, 11) is -6.43. The van der Waals surface area contributed by atoms with Gasteiger partial charge in [-0.2, -0.15) is 0 Å². The number of rotatable bonds is 6. The molecule has 2 heterocycles. The lowest BCUT2D eigenvalue weighted by molar-refractivity contribution is -0.176. The fraction of sp³-hybridized carbons (Fsp3) is 0.520. The molecule has 2 aromatic rings. The maximum atomic E-state index is 13.9. The summed E-state index contributed by atoms with van der Waals surface area (Å²) < 4.78 is 41.6. The van der Waals surface area contributed by atoms with E-state index >= 15 is 0 Å². The summed E-state index contributed by atoms with van der Waals surface area (Å²) in [6.07, 6.45) is -0.0386. The summed E-state index contributed by atoms with van der Waals surface area (Å²) in [5.74, 6) is -0.359. The van der Waals surface area contributed by atoms with Crippen molar-refractivity contribution in [3.63, 3.8) is 0 Å². The van der Waals surface area contributed by atoms with Gasteiger partial charge in [-0.25, -0.2) is 13.2 Å². The number of esters is 1. The van der Waals surface area contributed by atoms with E-state index in [0.717, 1.165) is 4.88 Å². The average molecular weight is 537 g/mol. The van der Waals surface area contributed by atoms with Gasteiger partial charge < -0.3 is 9.16 Å². The Morgan fingerprint density at radius 1 is 1.09 bits per heavy atom. The van der Waals surface area contributed by atoms with E-state index in [9.17, 15) is 13.2 Å². The van der Waals surface area contributed by atoms with Gasteiger partial charge in [-0.05, 0) is 62.5 Å². The lowest BCUT2D eigenvalue weighted by Crippen LogP contribution is -2.57. The topological polar surface area (TPSA) is 94.1 Å². The summed E-state index contributed by atoms with van der Waals surface area (Å²) in [5.41, 5.74) is -2.25. The van der Waals surface area contributed by atoms with Gasteiger partial charge in [0.2, 0.25) is 0 Å². The van der Waals surface area contributed by atoms with Crippen LogP contribution in [-0.2, 0) is 24.0 Å². The molecule has 10 heteroatoms. The van der Waals surface area contributed by atoms with Gasteiger partial charge in [0.15, 0.2) is 13.9 Å². The number of hydrogen-bond donors (Lipinski definition) is 1. The lowest BCUT2D eigenvalue weighted by atomic mass is 9.92. The molecule has 2 atom stereocenters. The predicted octanol–water partition coefficient (Wildman–Crippen LogP) is 5.67. The van der Waals surface area contributed by atoms with Crippen molar-refractivity contribution in [3.05, 3.63) is 52.7 Å². The predicted molar refractivity (Wildman–Crippen MR) is 143 cm³/mol. The molecule has 0 radical (unpaired) electrons. The fourth-order valence-electron chi connectivity index (χ4n) is 3.56. The molecule has 0 amide bonds. The quantitative estimate of drug-likeness (QED) is 0.379. The van der Waals surface area contributed by atoms with Gasteiger partial charge in [-0.15, -0.1) is 11.3 Å². The van der Waals surface area contributed by atoms with Gasteiger partial charge in [-0.3, -0.25) is 9.71 Å². The fourth-order valence-corrected chi connectivity index (χ4v) is 6.95. The van der Waals surface area contributed by atoms with Crippen LogP contribution in [0.3, 0.4) is 0 Å². The van der Waals surface area contributed by atoms with Gasteiger partial charge in [0.1, 0.15) is 17.5 Å². The van der Waals surface area contributed by atoms with Crippen molar-refractivity contribution in [2.75, 3.05) is 0 Å². The third-order valence-corrected chi connectivity index (χ3v) is 13.1. The highest BCUT2D eigenvalue weighted by Gasteiger charge is 2.59. The normalized spacial score (nSPS) is 21.5. The first-order valence-electron chi connectivity index (χ1n) is 11.6.